The highest BCUT2D eigenvalue weighted by Gasteiger charge is 2.09. The Bertz CT molecular complexity index is 1170. The largest absolute Gasteiger partial charge is 0.491 e. The van der Waals surface area contributed by atoms with Crippen LogP contribution in [0.5, 0.6) is 11.5 Å². The zero-order valence-electron chi connectivity index (χ0n) is 21.1. The molecule has 4 aromatic carbocycles. The van der Waals surface area contributed by atoms with Gasteiger partial charge in [0.15, 0.2) is 11.6 Å². The molecule has 0 saturated carbocycles. The van der Waals surface area contributed by atoms with Crippen LogP contribution in [0, 0.1) is 0 Å². The van der Waals surface area contributed by atoms with Gasteiger partial charge in [-0.15, -0.1) is 0 Å². The van der Waals surface area contributed by atoms with E-state index in [1.807, 2.05) is 36.4 Å². The molecule has 6 nitrogen and oxygen atoms in total. The first-order valence-corrected chi connectivity index (χ1v) is 12.5. The Labute approximate surface area is 222 Å². The normalized spacial score (nSPS) is 10.6. The first-order valence-electron chi connectivity index (χ1n) is 12.5. The summed E-state index contributed by atoms with van der Waals surface area (Å²) in [5.74, 6) is 1.34. The van der Waals surface area contributed by atoms with E-state index < -0.39 is 0 Å². The van der Waals surface area contributed by atoms with Crippen LogP contribution in [-0.4, -0.2) is 51.2 Å². The standard InChI is InChI=1S/C32H30O6/c33-31(25-7-3-1-4-8-25)27-11-15-29(16-12-27)37-23-21-35-19-20-36-22-24-38-30-17-13-28(14-18-30)32(34)26-9-5-2-6-10-26/h1-18H,19-24H2. The molecule has 0 aliphatic carbocycles. The van der Waals surface area contributed by atoms with E-state index in [9.17, 15) is 9.59 Å². The highest BCUT2D eigenvalue weighted by molar-refractivity contribution is 6.09. The van der Waals surface area contributed by atoms with Crippen LogP contribution in [-0.2, 0) is 9.47 Å². The van der Waals surface area contributed by atoms with E-state index in [0.29, 0.717) is 73.4 Å². The molecule has 0 heterocycles. The lowest BCUT2D eigenvalue weighted by Gasteiger charge is -2.09. The number of carbonyl (C=O) groups is 2. The molecule has 0 aliphatic heterocycles. The molecule has 0 atom stereocenters. The Balaban J connectivity index is 1.03. The van der Waals surface area contributed by atoms with Gasteiger partial charge in [-0.05, 0) is 48.5 Å². The van der Waals surface area contributed by atoms with Gasteiger partial charge < -0.3 is 18.9 Å². The van der Waals surface area contributed by atoms with Crippen molar-refractivity contribution >= 4 is 11.6 Å². The third-order valence-electron chi connectivity index (χ3n) is 5.67. The van der Waals surface area contributed by atoms with Crippen molar-refractivity contribution in [2.24, 2.45) is 0 Å². The van der Waals surface area contributed by atoms with Crippen molar-refractivity contribution in [3.63, 3.8) is 0 Å². The van der Waals surface area contributed by atoms with E-state index in [1.165, 1.54) is 0 Å². The molecule has 4 aromatic rings. The minimum Gasteiger partial charge on any atom is -0.491 e. The van der Waals surface area contributed by atoms with Gasteiger partial charge in [-0.25, -0.2) is 0 Å². The average Bonchev–Trinajstić information content (AvgIpc) is 2.99. The van der Waals surface area contributed by atoms with Crippen LogP contribution in [0.4, 0.5) is 0 Å². The Morgan fingerprint density at radius 2 is 0.711 bits per heavy atom. The Kier molecular flexibility index (Phi) is 10.2. The van der Waals surface area contributed by atoms with Crippen LogP contribution >= 0.6 is 0 Å². The van der Waals surface area contributed by atoms with E-state index in [1.54, 1.807) is 72.8 Å². The lowest BCUT2D eigenvalue weighted by Crippen LogP contribution is -2.13. The molecule has 0 amide bonds. The summed E-state index contributed by atoms with van der Waals surface area (Å²) in [6.07, 6.45) is 0. The summed E-state index contributed by atoms with van der Waals surface area (Å²) in [6, 6.07) is 32.6. The van der Waals surface area contributed by atoms with Gasteiger partial charge in [0.25, 0.3) is 0 Å². The Morgan fingerprint density at radius 3 is 1.08 bits per heavy atom. The monoisotopic (exact) mass is 510 g/mol. The zero-order chi connectivity index (χ0) is 26.4. The van der Waals surface area contributed by atoms with Crippen molar-refractivity contribution in [1.82, 2.24) is 0 Å². The maximum atomic E-state index is 12.4. The molecule has 4 rings (SSSR count). The van der Waals surface area contributed by atoms with Crippen LogP contribution in [0.1, 0.15) is 31.8 Å². The number of ketones is 2. The third-order valence-corrected chi connectivity index (χ3v) is 5.67. The molecule has 0 saturated heterocycles. The number of rotatable bonds is 15. The van der Waals surface area contributed by atoms with Crippen LogP contribution in [0.2, 0.25) is 0 Å². The molecule has 6 heteroatoms. The van der Waals surface area contributed by atoms with Crippen LogP contribution in [0.25, 0.3) is 0 Å². The second-order valence-corrected chi connectivity index (χ2v) is 8.36. The van der Waals surface area contributed by atoms with Gasteiger partial charge in [0.1, 0.15) is 24.7 Å². The van der Waals surface area contributed by atoms with Gasteiger partial charge in [-0.1, -0.05) is 60.7 Å². The first kappa shape index (κ1) is 26.8. The van der Waals surface area contributed by atoms with Crippen molar-refractivity contribution in [1.29, 1.82) is 0 Å². The summed E-state index contributed by atoms with van der Waals surface area (Å²) >= 11 is 0. The Morgan fingerprint density at radius 1 is 0.395 bits per heavy atom. The predicted octanol–water partition coefficient (Wildman–Crippen LogP) is 5.64. The molecule has 0 bridgehead atoms. The summed E-state index contributed by atoms with van der Waals surface area (Å²) in [5, 5.41) is 0. The van der Waals surface area contributed by atoms with Gasteiger partial charge in [0, 0.05) is 22.3 Å². The van der Waals surface area contributed by atoms with Crippen molar-refractivity contribution < 1.29 is 28.5 Å². The van der Waals surface area contributed by atoms with E-state index in [4.69, 9.17) is 18.9 Å². The quantitative estimate of drug-likeness (QED) is 0.152. The summed E-state index contributed by atoms with van der Waals surface area (Å²) < 4.78 is 22.4. The van der Waals surface area contributed by atoms with Crippen LogP contribution < -0.4 is 9.47 Å². The van der Waals surface area contributed by atoms with Crippen molar-refractivity contribution in [3.05, 3.63) is 131 Å². The highest BCUT2D eigenvalue weighted by atomic mass is 16.6. The lowest BCUT2D eigenvalue weighted by atomic mass is 10.0. The fourth-order valence-electron chi connectivity index (χ4n) is 3.68. The van der Waals surface area contributed by atoms with Crippen molar-refractivity contribution in [2.75, 3.05) is 39.6 Å². The molecular weight excluding hydrogens is 480 g/mol. The first-order chi connectivity index (χ1) is 18.7. The summed E-state index contributed by atoms with van der Waals surface area (Å²) in [7, 11) is 0. The van der Waals surface area contributed by atoms with Crippen molar-refractivity contribution in [3.8, 4) is 11.5 Å². The van der Waals surface area contributed by atoms with Crippen LogP contribution in [0.3, 0.4) is 0 Å². The smallest absolute Gasteiger partial charge is 0.193 e. The van der Waals surface area contributed by atoms with Gasteiger partial charge >= 0.3 is 0 Å². The topological polar surface area (TPSA) is 71.1 Å². The SMILES string of the molecule is O=C(c1ccccc1)c1ccc(OCCOCCOCCOc2ccc(C(=O)c3ccccc3)cc2)cc1. The van der Waals surface area contributed by atoms with Gasteiger partial charge in [-0.2, -0.15) is 0 Å². The molecule has 0 aromatic heterocycles. The van der Waals surface area contributed by atoms with E-state index in [-0.39, 0.29) is 11.6 Å². The zero-order valence-corrected chi connectivity index (χ0v) is 21.1. The van der Waals surface area contributed by atoms with E-state index in [2.05, 4.69) is 0 Å². The summed E-state index contributed by atoms with van der Waals surface area (Å²) in [5.41, 5.74) is 2.57. The third kappa shape index (κ3) is 8.13. The Hall–Kier alpha value is -4.26. The fraction of sp³-hybridized carbons (Fsp3) is 0.188. The molecule has 0 N–H and O–H groups in total. The molecule has 194 valence electrons. The number of hydrogen-bond donors (Lipinski definition) is 0. The maximum Gasteiger partial charge on any atom is 0.193 e. The lowest BCUT2D eigenvalue weighted by molar-refractivity contribution is 0.0273. The molecule has 0 aliphatic rings. The molecule has 0 fully saturated rings. The number of hydrogen-bond acceptors (Lipinski definition) is 6. The van der Waals surface area contributed by atoms with E-state index in [0.717, 1.165) is 0 Å². The van der Waals surface area contributed by atoms with E-state index >= 15 is 0 Å². The number of ether oxygens (including phenoxy) is 4. The van der Waals surface area contributed by atoms with Gasteiger partial charge in [-0.3, -0.25) is 9.59 Å². The molecule has 0 spiro atoms. The minimum atomic E-state index is -0.0147. The summed E-state index contributed by atoms with van der Waals surface area (Å²) in [6.45, 7) is 2.56. The molecule has 38 heavy (non-hydrogen) atoms. The number of carbonyl (C=O) groups excluding carboxylic acids is 2. The predicted molar refractivity (Wildman–Crippen MR) is 145 cm³/mol. The fourth-order valence-corrected chi connectivity index (χ4v) is 3.68. The molecule has 0 radical (unpaired) electrons. The maximum absolute atomic E-state index is 12.4. The number of benzene rings is 4. The highest BCUT2D eigenvalue weighted by Crippen LogP contribution is 2.16. The molecular formula is C32H30O6. The second kappa shape index (κ2) is 14.5. The molecule has 0 unspecified atom stereocenters. The van der Waals surface area contributed by atoms with Gasteiger partial charge in [0.05, 0.1) is 26.4 Å². The average molecular weight is 511 g/mol. The second-order valence-electron chi connectivity index (χ2n) is 8.36. The van der Waals surface area contributed by atoms with Crippen LogP contribution in [0.15, 0.2) is 109 Å². The van der Waals surface area contributed by atoms with Crippen molar-refractivity contribution in [2.45, 2.75) is 0 Å². The van der Waals surface area contributed by atoms with Gasteiger partial charge in [0.2, 0.25) is 0 Å². The summed E-state index contributed by atoms with van der Waals surface area (Å²) in [4.78, 5) is 24.9. The minimum absolute atomic E-state index is 0.0147.